The Morgan fingerprint density at radius 2 is 1.90 bits per heavy atom. The van der Waals surface area contributed by atoms with E-state index in [0.29, 0.717) is 47.5 Å². The minimum atomic E-state index is -4.50. The van der Waals surface area contributed by atoms with Crippen molar-refractivity contribution < 1.29 is 17.7 Å². The quantitative estimate of drug-likeness (QED) is 0.462. The molecule has 31 heavy (non-hydrogen) atoms. The highest BCUT2D eigenvalue weighted by Crippen LogP contribution is 2.41. The molecule has 0 unspecified atom stereocenters. The molecule has 2 fully saturated rings. The molecule has 2 aliphatic rings. The molecule has 0 spiro atoms. The summed E-state index contributed by atoms with van der Waals surface area (Å²) < 4.78 is 48.7. The van der Waals surface area contributed by atoms with Gasteiger partial charge in [0.15, 0.2) is 17.2 Å². The zero-order valence-corrected chi connectivity index (χ0v) is 17.1. The molecule has 0 N–H and O–H groups in total. The van der Waals surface area contributed by atoms with Gasteiger partial charge in [0, 0.05) is 30.5 Å². The fourth-order valence-electron chi connectivity index (χ4n) is 3.99. The molecular formula is C20H17F3N6OS. The van der Waals surface area contributed by atoms with Crippen LogP contribution in [0.25, 0.3) is 28.1 Å². The number of thioether (sulfide) groups is 1. The van der Waals surface area contributed by atoms with Gasteiger partial charge in [0.25, 0.3) is 5.89 Å². The summed E-state index contributed by atoms with van der Waals surface area (Å²) in [6.07, 6.45) is -0.966. The van der Waals surface area contributed by atoms with E-state index in [0.717, 1.165) is 30.4 Å². The Balaban J connectivity index is 1.62. The largest absolute Gasteiger partial charge is 0.417 e. The first kappa shape index (κ1) is 18.9. The van der Waals surface area contributed by atoms with Crippen molar-refractivity contribution >= 4 is 34.1 Å². The van der Waals surface area contributed by atoms with Gasteiger partial charge in [-0.1, -0.05) is 11.2 Å². The number of nitrogens with zero attached hydrogens (tertiary/aromatic N) is 6. The minimum absolute atomic E-state index is 0.0857. The number of rotatable bonds is 3. The van der Waals surface area contributed by atoms with Gasteiger partial charge < -0.3 is 9.42 Å². The van der Waals surface area contributed by atoms with Gasteiger partial charge in [0.05, 0.1) is 16.5 Å². The first-order valence-electron chi connectivity index (χ1n) is 10.0. The van der Waals surface area contributed by atoms with Crippen LogP contribution in [0.1, 0.15) is 30.1 Å². The van der Waals surface area contributed by atoms with E-state index < -0.39 is 11.7 Å². The van der Waals surface area contributed by atoms with Gasteiger partial charge in [-0.2, -0.15) is 29.9 Å². The Bertz CT molecular complexity index is 1290. The van der Waals surface area contributed by atoms with E-state index in [2.05, 4.69) is 15.1 Å². The molecule has 0 radical (unpaired) electrons. The number of alkyl halides is 3. The minimum Gasteiger partial charge on any atom is -0.354 e. The number of hydrogen-bond donors (Lipinski definition) is 0. The summed E-state index contributed by atoms with van der Waals surface area (Å²) in [5, 5.41) is 4.12. The van der Waals surface area contributed by atoms with E-state index in [1.54, 1.807) is 22.2 Å². The van der Waals surface area contributed by atoms with E-state index in [-0.39, 0.29) is 11.3 Å². The molecule has 11 heteroatoms. The lowest BCUT2D eigenvalue weighted by molar-refractivity contribution is -0.136. The van der Waals surface area contributed by atoms with Crippen molar-refractivity contribution in [1.29, 1.82) is 0 Å². The molecule has 1 saturated heterocycles. The van der Waals surface area contributed by atoms with E-state index in [1.165, 1.54) is 12.4 Å². The smallest absolute Gasteiger partial charge is 0.354 e. The Morgan fingerprint density at radius 3 is 2.65 bits per heavy atom. The van der Waals surface area contributed by atoms with Crippen LogP contribution >= 0.6 is 11.8 Å². The summed E-state index contributed by atoms with van der Waals surface area (Å²) in [6, 6.07) is 4.18. The first-order valence-corrected chi connectivity index (χ1v) is 11.2. The van der Waals surface area contributed by atoms with Crippen LogP contribution in [0.2, 0.25) is 0 Å². The molecule has 0 bridgehead atoms. The van der Waals surface area contributed by atoms with Crippen LogP contribution in [0.15, 0.2) is 29.0 Å². The first-order chi connectivity index (χ1) is 15.0. The van der Waals surface area contributed by atoms with Crippen LogP contribution in [0, 0.1) is 0 Å². The standard InChI is InChI=1S/C20H17F3N6OS/c21-20(22,23)12-2-1-3-13-14(12)17(28-6-8-31-9-7-28)26-18-15(24-10-29(13)18)19-25-16(27-30-19)11-4-5-11/h1-3,10-11H,4-9H2. The second kappa shape index (κ2) is 6.84. The average molecular weight is 446 g/mol. The SMILES string of the molecule is FC(F)(F)c1cccc2c1c(N1CCSCC1)nc1c(-c3nc(C4CC4)no3)ncn12. The third-order valence-corrected chi connectivity index (χ3v) is 6.63. The highest BCUT2D eigenvalue weighted by atomic mass is 32.2. The highest BCUT2D eigenvalue weighted by molar-refractivity contribution is 7.99. The highest BCUT2D eigenvalue weighted by Gasteiger charge is 2.36. The summed E-state index contributed by atoms with van der Waals surface area (Å²) in [5.41, 5.74) is 0.489. The van der Waals surface area contributed by atoms with E-state index in [1.807, 2.05) is 4.90 Å². The summed E-state index contributed by atoms with van der Waals surface area (Å²) >= 11 is 1.78. The zero-order chi connectivity index (χ0) is 21.2. The van der Waals surface area contributed by atoms with Crippen LogP contribution in [0.3, 0.4) is 0 Å². The van der Waals surface area contributed by atoms with Gasteiger partial charge >= 0.3 is 6.18 Å². The van der Waals surface area contributed by atoms with E-state index >= 15 is 0 Å². The lowest BCUT2D eigenvalue weighted by Crippen LogP contribution is -2.33. The van der Waals surface area contributed by atoms with E-state index in [4.69, 9.17) is 9.51 Å². The number of imidazole rings is 1. The fourth-order valence-corrected chi connectivity index (χ4v) is 4.89. The number of fused-ring (bicyclic) bond motifs is 3. The van der Waals surface area contributed by atoms with Crippen LogP contribution in [0.4, 0.5) is 19.0 Å². The molecule has 6 rings (SSSR count). The van der Waals surface area contributed by atoms with Crippen molar-refractivity contribution in [2.45, 2.75) is 24.9 Å². The molecule has 7 nitrogen and oxygen atoms in total. The van der Waals surface area contributed by atoms with E-state index in [9.17, 15) is 13.2 Å². The normalized spacial score (nSPS) is 17.7. The summed E-state index contributed by atoms with van der Waals surface area (Å²) in [5.74, 6) is 3.19. The molecule has 4 aromatic rings. The Labute approximate surface area is 178 Å². The molecule has 1 aromatic carbocycles. The molecule has 1 saturated carbocycles. The monoisotopic (exact) mass is 446 g/mol. The van der Waals surface area contributed by atoms with Crippen molar-refractivity contribution in [3.8, 4) is 11.6 Å². The molecule has 160 valence electrons. The van der Waals surface area contributed by atoms with Gasteiger partial charge in [0.2, 0.25) is 0 Å². The number of anilines is 1. The third-order valence-electron chi connectivity index (χ3n) is 5.68. The summed E-state index contributed by atoms with van der Waals surface area (Å²) in [6.45, 7) is 1.26. The Kier molecular flexibility index (Phi) is 4.17. The van der Waals surface area contributed by atoms with Crippen molar-refractivity contribution in [2.75, 3.05) is 29.5 Å². The lowest BCUT2D eigenvalue weighted by Gasteiger charge is -2.29. The fraction of sp³-hybridized carbons (Fsp3) is 0.400. The second-order valence-electron chi connectivity index (χ2n) is 7.75. The molecule has 3 aromatic heterocycles. The average Bonchev–Trinajstić information content (AvgIpc) is 3.34. The van der Waals surface area contributed by atoms with Crippen molar-refractivity contribution in [2.24, 2.45) is 0 Å². The maximum atomic E-state index is 13.9. The van der Waals surface area contributed by atoms with Crippen LogP contribution < -0.4 is 4.90 Å². The van der Waals surface area contributed by atoms with Crippen molar-refractivity contribution in [3.63, 3.8) is 0 Å². The number of hydrogen-bond acceptors (Lipinski definition) is 7. The number of aromatic nitrogens is 5. The predicted molar refractivity (Wildman–Crippen MR) is 110 cm³/mol. The third kappa shape index (κ3) is 3.13. The maximum absolute atomic E-state index is 13.9. The predicted octanol–water partition coefficient (Wildman–Crippen LogP) is 4.38. The molecule has 0 amide bonds. The van der Waals surface area contributed by atoms with Crippen molar-refractivity contribution in [3.05, 3.63) is 35.9 Å². The van der Waals surface area contributed by atoms with Gasteiger partial charge in [-0.25, -0.2) is 9.97 Å². The lowest BCUT2D eigenvalue weighted by atomic mass is 10.1. The topological polar surface area (TPSA) is 72.3 Å². The van der Waals surface area contributed by atoms with Crippen LogP contribution in [-0.2, 0) is 6.18 Å². The molecule has 1 aliphatic heterocycles. The molecule has 0 atom stereocenters. The van der Waals surface area contributed by atoms with Crippen molar-refractivity contribution in [1.82, 2.24) is 24.5 Å². The molecule has 4 heterocycles. The molecular weight excluding hydrogens is 429 g/mol. The number of halogens is 3. The Hall–Kier alpha value is -2.82. The summed E-state index contributed by atoms with van der Waals surface area (Å²) in [7, 11) is 0. The van der Waals surface area contributed by atoms with Gasteiger partial charge in [0.1, 0.15) is 12.1 Å². The summed E-state index contributed by atoms with van der Waals surface area (Å²) in [4.78, 5) is 15.5. The molecule has 1 aliphatic carbocycles. The maximum Gasteiger partial charge on any atom is 0.417 e. The van der Waals surface area contributed by atoms with Gasteiger partial charge in [-0.3, -0.25) is 4.40 Å². The van der Waals surface area contributed by atoms with Crippen LogP contribution in [-0.4, -0.2) is 49.1 Å². The number of benzene rings is 1. The van der Waals surface area contributed by atoms with Crippen LogP contribution in [0.5, 0.6) is 0 Å². The second-order valence-corrected chi connectivity index (χ2v) is 8.98. The Morgan fingerprint density at radius 1 is 1.10 bits per heavy atom. The zero-order valence-electron chi connectivity index (χ0n) is 16.3. The van der Waals surface area contributed by atoms with Gasteiger partial charge in [-0.15, -0.1) is 0 Å². The van der Waals surface area contributed by atoms with Gasteiger partial charge in [-0.05, 0) is 25.0 Å².